The fraction of sp³-hybridized carbons (Fsp3) is 0.400. The maximum absolute atomic E-state index is 12.6. The number of benzene rings is 1. The number of hydrogen-bond acceptors (Lipinski definition) is 3. The van der Waals surface area contributed by atoms with Crippen LogP contribution in [0.2, 0.25) is 0 Å². The molecule has 116 valence electrons. The normalized spacial score (nSPS) is 15.9. The summed E-state index contributed by atoms with van der Waals surface area (Å²) in [6.45, 7) is 3.95. The summed E-state index contributed by atoms with van der Waals surface area (Å²) in [5.74, 6) is -0.0324. The Morgan fingerprint density at radius 2 is 1.68 bits per heavy atom. The van der Waals surface area contributed by atoms with Gasteiger partial charge in [-0.2, -0.15) is 0 Å². The molecule has 1 saturated heterocycles. The summed E-state index contributed by atoms with van der Waals surface area (Å²) in [6, 6.07) is 5.12. The minimum Gasteiger partial charge on any atom is -0.341 e. The number of amides is 2. The molecule has 22 heavy (non-hydrogen) atoms. The predicted molar refractivity (Wildman–Crippen MR) is 81.7 cm³/mol. The first-order valence-electron chi connectivity index (χ1n) is 7.31. The third kappa shape index (κ3) is 2.74. The first-order chi connectivity index (χ1) is 10.5. The van der Waals surface area contributed by atoms with E-state index in [1.54, 1.807) is 34.9 Å². The van der Waals surface area contributed by atoms with Gasteiger partial charge in [0.15, 0.2) is 0 Å². The van der Waals surface area contributed by atoms with Crippen molar-refractivity contribution in [2.45, 2.75) is 13.3 Å². The molecule has 2 amide bonds. The van der Waals surface area contributed by atoms with Gasteiger partial charge in [0.2, 0.25) is 5.91 Å². The van der Waals surface area contributed by atoms with E-state index in [2.05, 4.69) is 9.97 Å². The maximum Gasteiger partial charge on any atom is 0.323 e. The third-order valence-corrected chi connectivity index (χ3v) is 3.99. The molecule has 1 aliphatic rings. The van der Waals surface area contributed by atoms with Gasteiger partial charge < -0.3 is 19.8 Å². The van der Waals surface area contributed by atoms with Gasteiger partial charge >= 0.3 is 5.69 Å². The number of hydrogen-bond donors (Lipinski definition) is 2. The van der Waals surface area contributed by atoms with E-state index < -0.39 is 0 Å². The summed E-state index contributed by atoms with van der Waals surface area (Å²) in [4.78, 5) is 44.1. The fourth-order valence-corrected chi connectivity index (χ4v) is 2.78. The van der Waals surface area contributed by atoms with Crippen molar-refractivity contribution < 1.29 is 9.59 Å². The first kappa shape index (κ1) is 14.4. The van der Waals surface area contributed by atoms with Crippen LogP contribution >= 0.6 is 0 Å². The number of nitrogens with zero attached hydrogens (tertiary/aromatic N) is 2. The van der Waals surface area contributed by atoms with E-state index in [-0.39, 0.29) is 17.5 Å². The molecule has 0 saturated carbocycles. The van der Waals surface area contributed by atoms with Gasteiger partial charge in [-0.05, 0) is 24.6 Å². The van der Waals surface area contributed by atoms with Gasteiger partial charge in [0.25, 0.3) is 5.91 Å². The summed E-state index contributed by atoms with van der Waals surface area (Å²) in [7, 11) is 0. The lowest BCUT2D eigenvalue weighted by Crippen LogP contribution is -2.36. The van der Waals surface area contributed by atoms with Crippen LogP contribution in [0.1, 0.15) is 23.7 Å². The van der Waals surface area contributed by atoms with E-state index in [0.717, 1.165) is 6.42 Å². The van der Waals surface area contributed by atoms with Gasteiger partial charge in [0, 0.05) is 38.7 Å². The topological polar surface area (TPSA) is 89.3 Å². The lowest BCUT2D eigenvalue weighted by molar-refractivity contribution is -0.128. The zero-order chi connectivity index (χ0) is 15.7. The molecule has 0 unspecified atom stereocenters. The Hall–Kier alpha value is -2.57. The number of H-pyrrole nitrogens is 2. The Morgan fingerprint density at radius 1 is 1.00 bits per heavy atom. The van der Waals surface area contributed by atoms with Crippen LogP contribution in [-0.2, 0) is 4.79 Å². The highest BCUT2D eigenvalue weighted by molar-refractivity contribution is 5.97. The van der Waals surface area contributed by atoms with E-state index in [9.17, 15) is 14.4 Å². The summed E-state index contributed by atoms with van der Waals surface area (Å²) in [5, 5.41) is 0. The molecule has 1 aromatic carbocycles. The van der Waals surface area contributed by atoms with Crippen molar-refractivity contribution in [1.29, 1.82) is 0 Å². The zero-order valence-corrected chi connectivity index (χ0v) is 12.4. The molecule has 1 fully saturated rings. The van der Waals surface area contributed by atoms with Crippen LogP contribution in [-0.4, -0.2) is 57.8 Å². The number of nitrogens with one attached hydrogen (secondary N) is 2. The van der Waals surface area contributed by atoms with Gasteiger partial charge in [-0.25, -0.2) is 4.79 Å². The molecule has 2 N–H and O–H groups in total. The molecule has 0 radical (unpaired) electrons. The molecule has 0 spiro atoms. The van der Waals surface area contributed by atoms with E-state index in [0.29, 0.717) is 42.8 Å². The number of fused-ring (bicyclic) bond motifs is 1. The molecule has 0 bridgehead atoms. The second-order valence-corrected chi connectivity index (χ2v) is 5.49. The first-order valence-corrected chi connectivity index (χ1v) is 7.31. The second-order valence-electron chi connectivity index (χ2n) is 5.49. The van der Waals surface area contributed by atoms with Crippen molar-refractivity contribution >= 4 is 22.8 Å². The number of aromatic amines is 2. The standard InChI is InChI=1S/C15H18N4O3/c1-10(20)18-5-2-6-19(8-7-18)14(21)11-3-4-12-13(9-11)17-15(22)16-12/h3-4,9H,2,5-8H2,1H3,(H2,16,17,22). The van der Waals surface area contributed by atoms with Crippen LogP contribution < -0.4 is 5.69 Å². The molecule has 1 aromatic heterocycles. The van der Waals surface area contributed by atoms with E-state index >= 15 is 0 Å². The Balaban J connectivity index is 1.79. The van der Waals surface area contributed by atoms with E-state index in [1.807, 2.05) is 0 Å². The highest BCUT2D eigenvalue weighted by Crippen LogP contribution is 2.14. The Bertz CT molecular complexity index is 776. The molecule has 3 rings (SSSR count). The van der Waals surface area contributed by atoms with Crippen molar-refractivity contribution in [2.75, 3.05) is 26.2 Å². The van der Waals surface area contributed by atoms with Crippen molar-refractivity contribution in [3.8, 4) is 0 Å². The van der Waals surface area contributed by atoms with Crippen molar-refractivity contribution in [3.05, 3.63) is 34.2 Å². The molecule has 0 aliphatic carbocycles. The summed E-state index contributed by atoms with van der Waals surface area (Å²) < 4.78 is 0. The number of imidazole rings is 1. The zero-order valence-electron chi connectivity index (χ0n) is 12.4. The van der Waals surface area contributed by atoms with Crippen LogP contribution in [0.25, 0.3) is 11.0 Å². The minimum atomic E-state index is -0.286. The van der Waals surface area contributed by atoms with E-state index in [4.69, 9.17) is 0 Å². The van der Waals surface area contributed by atoms with Gasteiger partial charge in [0.05, 0.1) is 11.0 Å². The summed E-state index contributed by atoms with van der Waals surface area (Å²) in [6.07, 6.45) is 0.772. The average Bonchev–Trinajstić information content (AvgIpc) is 2.70. The van der Waals surface area contributed by atoms with Crippen LogP contribution in [0, 0.1) is 0 Å². The van der Waals surface area contributed by atoms with Gasteiger partial charge in [-0.3, -0.25) is 9.59 Å². The van der Waals surface area contributed by atoms with Crippen LogP contribution in [0.15, 0.2) is 23.0 Å². The number of carbonyl (C=O) groups excluding carboxylic acids is 2. The molecule has 2 aromatic rings. The third-order valence-electron chi connectivity index (χ3n) is 3.99. The van der Waals surface area contributed by atoms with Gasteiger partial charge in [-0.1, -0.05) is 0 Å². The lowest BCUT2D eigenvalue weighted by atomic mass is 10.1. The van der Waals surface area contributed by atoms with Crippen LogP contribution in [0.4, 0.5) is 0 Å². The van der Waals surface area contributed by atoms with Crippen molar-refractivity contribution in [1.82, 2.24) is 19.8 Å². The molecule has 7 heteroatoms. The van der Waals surface area contributed by atoms with Crippen LogP contribution in [0.3, 0.4) is 0 Å². The average molecular weight is 302 g/mol. The molecule has 0 atom stereocenters. The number of carbonyl (C=O) groups is 2. The molecule has 1 aliphatic heterocycles. The smallest absolute Gasteiger partial charge is 0.323 e. The Labute approximate surface area is 126 Å². The number of aromatic nitrogens is 2. The lowest BCUT2D eigenvalue weighted by Gasteiger charge is -2.21. The molecular weight excluding hydrogens is 284 g/mol. The van der Waals surface area contributed by atoms with Crippen molar-refractivity contribution in [3.63, 3.8) is 0 Å². The minimum absolute atomic E-state index is 0.0422. The SMILES string of the molecule is CC(=O)N1CCCN(C(=O)c2ccc3[nH]c(=O)[nH]c3c2)CC1. The van der Waals surface area contributed by atoms with Crippen molar-refractivity contribution in [2.24, 2.45) is 0 Å². The fourth-order valence-electron chi connectivity index (χ4n) is 2.78. The highest BCUT2D eigenvalue weighted by atomic mass is 16.2. The molecule has 7 nitrogen and oxygen atoms in total. The second kappa shape index (κ2) is 5.67. The van der Waals surface area contributed by atoms with Gasteiger partial charge in [-0.15, -0.1) is 0 Å². The maximum atomic E-state index is 12.6. The Morgan fingerprint density at radius 3 is 2.45 bits per heavy atom. The quantitative estimate of drug-likeness (QED) is 0.806. The van der Waals surface area contributed by atoms with E-state index in [1.165, 1.54) is 0 Å². The summed E-state index contributed by atoms with van der Waals surface area (Å²) in [5.41, 5.74) is 1.56. The molecule has 2 heterocycles. The summed E-state index contributed by atoms with van der Waals surface area (Å²) >= 11 is 0. The largest absolute Gasteiger partial charge is 0.341 e. The monoisotopic (exact) mass is 302 g/mol. The van der Waals surface area contributed by atoms with Gasteiger partial charge in [0.1, 0.15) is 0 Å². The van der Waals surface area contributed by atoms with Crippen LogP contribution in [0.5, 0.6) is 0 Å². The predicted octanol–water partition coefficient (Wildman–Crippen LogP) is 0.551. The molecular formula is C15H18N4O3. The number of rotatable bonds is 1. The Kier molecular flexibility index (Phi) is 3.70. The highest BCUT2D eigenvalue weighted by Gasteiger charge is 2.21.